The van der Waals surface area contributed by atoms with Crippen LogP contribution in [0.25, 0.3) is 11.0 Å². The van der Waals surface area contributed by atoms with Gasteiger partial charge < -0.3 is 9.67 Å². The number of carboxylic acid groups (broad SMARTS) is 1. The maximum absolute atomic E-state index is 10.8. The lowest BCUT2D eigenvalue weighted by Crippen LogP contribution is -2.21. The topological polar surface area (TPSA) is 58.4 Å². The molecule has 1 aliphatic heterocycles. The van der Waals surface area contributed by atoms with Gasteiger partial charge in [0.2, 0.25) is 0 Å². The van der Waals surface area contributed by atoms with Crippen molar-refractivity contribution in [3.8, 4) is 0 Å². The Bertz CT molecular complexity index is 615. The van der Waals surface area contributed by atoms with Gasteiger partial charge in [0.15, 0.2) is 0 Å². The average molecular weight is 273 g/mol. The van der Waals surface area contributed by atoms with E-state index in [2.05, 4.69) is 14.5 Å². The number of benzene rings is 1. The van der Waals surface area contributed by atoms with Crippen LogP contribution in [0.15, 0.2) is 24.3 Å². The minimum Gasteiger partial charge on any atom is -0.481 e. The van der Waals surface area contributed by atoms with E-state index in [0.717, 1.165) is 36.5 Å². The van der Waals surface area contributed by atoms with Crippen LogP contribution in [0.5, 0.6) is 0 Å². The summed E-state index contributed by atoms with van der Waals surface area (Å²) in [7, 11) is 0. The first-order valence-corrected chi connectivity index (χ1v) is 7.12. The number of carbonyl (C=O) groups is 1. The molecule has 3 rings (SSSR count). The number of aryl methyl sites for hydroxylation is 1. The number of fused-ring (bicyclic) bond motifs is 1. The molecular formula is C15H19N3O2. The predicted octanol–water partition coefficient (Wildman–Crippen LogP) is 2.11. The van der Waals surface area contributed by atoms with Gasteiger partial charge in [0.05, 0.1) is 24.0 Å². The number of rotatable bonds is 5. The highest BCUT2D eigenvalue weighted by atomic mass is 16.4. The Hall–Kier alpha value is -1.88. The van der Waals surface area contributed by atoms with E-state index in [4.69, 9.17) is 5.11 Å². The molecule has 2 heterocycles. The summed E-state index contributed by atoms with van der Waals surface area (Å²) in [5.74, 6) is 0.212. The van der Waals surface area contributed by atoms with Gasteiger partial charge in [-0.15, -0.1) is 0 Å². The van der Waals surface area contributed by atoms with E-state index in [9.17, 15) is 4.79 Å². The number of para-hydroxylation sites is 2. The van der Waals surface area contributed by atoms with Crippen molar-refractivity contribution in [2.24, 2.45) is 0 Å². The fraction of sp³-hybridized carbons (Fsp3) is 0.467. The van der Waals surface area contributed by atoms with Crippen molar-refractivity contribution in [1.29, 1.82) is 0 Å². The number of aliphatic carboxylic acids is 1. The zero-order valence-corrected chi connectivity index (χ0v) is 11.5. The fourth-order valence-corrected chi connectivity index (χ4v) is 2.84. The molecule has 1 aliphatic rings. The second kappa shape index (κ2) is 5.63. The Balaban J connectivity index is 1.91. The number of imidazole rings is 1. The van der Waals surface area contributed by atoms with E-state index < -0.39 is 5.97 Å². The van der Waals surface area contributed by atoms with Gasteiger partial charge in [0, 0.05) is 6.54 Å². The molecule has 0 aliphatic carbocycles. The molecule has 0 saturated carbocycles. The van der Waals surface area contributed by atoms with E-state index in [-0.39, 0.29) is 6.42 Å². The first-order valence-electron chi connectivity index (χ1n) is 7.12. The SMILES string of the molecule is O=C(O)CCn1c(CN2CCCC2)nc2ccccc21. The van der Waals surface area contributed by atoms with Crippen LogP contribution in [0.4, 0.5) is 0 Å². The Morgan fingerprint density at radius 1 is 1.25 bits per heavy atom. The van der Waals surface area contributed by atoms with Gasteiger partial charge in [-0.25, -0.2) is 4.98 Å². The summed E-state index contributed by atoms with van der Waals surface area (Å²) < 4.78 is 2.06. The molecule has 1 aromatic heterocycles. The first-order chi connectivity index (χ1) is 9.74. The molecule has 5 heteroatoms. The maximum Gasteiger partial charge on any atom is 0.305 e. The number of hydrogen-bond donors (Lipinski definition) is 1. The lowest BCUT2D eigenvalue weighted by molar-refractivity contribution is -0.137. The van der Waals surface area contributed by atoms with Crippen molar-refractivity contribution in [1.82, 2.24) is 14.5 Å². The lowest BCUT2D eigenvalue weighted by atomic mass is 10.3. The van der Waals surface area contributed by atoms with Crippen molar-refractivity contribution < 1.29 is 9.90 Å². The van der Waals surface area contributed by atoms with E-state index in [1.807, 2.05) is 24.3 Å². The number of hydrogen-bond acceptors (Lipinski definition) is 3. The highest BCUT2D eigenvalue weighted by molar-refractivity contribution is 5.76. The van der Waals surface area contributed by atoms with Crippen LogP contribution in [0.1, 0.15) is 25.1 Å². The fourth-order valence-electron chi connectivity index (χ4n) is 2.84. The van der Waals surface area contributed by atoms with E-state index in [1.54, 1.807) is 0 Å². The third-order valence-electron chi connectivity index (χ3n) is 3.85. The molecule has 0 unspecified atom stereocenters. The molecule has 1 aromatic carbocycles. The summed E-state index contributed by atoms with van der Waals surface area (Å²) in [6.07, 6.45) is 2.62. The summed E-state index contributed by atoms with van der Waals surface area (Å²) in [4.78, 5) is 17.9. The molecule has 1 N–H and O–H groups in total. The van der Waals surface area contributed by atoms with Crippen LogP contribution >= 0.6 is 0 Å². The Labute approximate surface area is 117 Å². The maximum atomic E-state index is 10.8. The molecule has 0 bridgehead atoms. The lowest BCUT2D eigenvalue weighted by Gasteiger charge is -2.15. The van der Waals surface area contributed by atoms with Gasteiger partial charge in [-0.05, 0) is 38.1 Å². The monoisotopic (exact) mass is 273 g/mol. The minimum absolute atomic E-state index is 0.132. The summed E-state index contributed by atoms with van der Waals surface area (Å²) in [6, 6.07) is 7.94. The predicted molar refractivity (Wildman–Crippen MR) is 76.5 cm³/mol. The van der Waals surface area contributed by atoms with E-state index >= 15 is 0 Å². The number of carboxylic acids is 1. The smallest absolute Gasteiger partial charge is 0.305 e. The molecular weight excluding hydrogens is 254 g/mol. The Kier molecular flexibility index (Phi) is 3.69. The van der Waals surface area contributed by atoms with Crippen LogP contribution in [0.3, 0.4) is 0 Å². The molecule has 20 heavy (non-hydrogen) atoms. The van der Waals surface area contributed by atoms with Crippen molar-refractivity contribution in [3.05, 3.63) is 30.1 Å². The first kappa shape index (κ1) is 13.1. The quantitative estimate of drug-likeness (QED) is 0.906. The second-order valence-electron chi connectivity index (χ2n) is 5.30. The van der Waals surface area contributed by atoms with Gasteiger partial charge in [0.1, 0.15) is 5.82 Å². The summed E-state index contributed by atoms with van der Waals surface area (Å²) >= 11 is 0. The van der Waals surface area contributed by atoms with Crippen molar-refractivity contribution in [3.63, 3.8) is 0 Å². The molecule has 0 atom stereocenters. The van der Waals surface area contributed by atoms with Crippen LogP contribution < -0.4 is 0 Å². The van der Waals surface area contributed by atoms with Gasteiger partial charge in [-0.3, -0.25) is 9.69 Å². The average Bonchev–Trinajstić information content (AvgIpc) is 3.04. The zero-order valence-electron chi connectivity index (χ0n) is 11.5. The Morgan fingerprint density at radius 3 is 2.75 bits per heavy atom. The highest BCUT2D eigenvalue weighted by Gasteiger charge is 2.17. The van der Waals surface area contributed by atoms with Crippen molar-refractivity contribution in [2.45, 2.75) is 32.4 Å². The standard InChI is InChI=1S/C15H19N3O2/c19-15(20)7-10-18-13-6-2-1-5-12(13)16-14(18)11-17-8-3-4-9-17/h1-2,5-6H,3-4,7-11H2,(H,19,20). The second-order valence-corrected chi connectivity index (χ2v) is 5.30. The molecule has 106 valence electrons. The molecule has 2 aromatic rings. The van der Waals surface area contributed by atoms with Crippen molar-refractivity contribution >= 4 is 17.0 Å². The summed E-state index contributed by atoms with van der Waals surface area (Å²) in [5, 5.41) is 8.92. The summed E-state index contributed by atoms with van der Waals surface area (Å²) in [5.41, 5.74) is 1.98. The largest absolute Gasteiger partial charge is 0.481 e. The molecule has 1 fully saturated rings. The van der Waals surface area contributed by atoms with E-state index in [1.165, 1.54) is 12.8 Å². The minimum atomic E-state index is -0.769. The van der Waals surface area contributed by atoms with Crippen molar-refractivity contribution in [2.75, 3.05) is 13.1 Å². The van der Waals surface area contributed by atoms with E-state index in [0.29, 0.717) is 6.54 Å². The van der Waals surface area contributed by atoms with Crippen LogP contribution in [0, 0.1) is 0 Å². The van der Waals surface area contributed by atoms with Gasteiger partial charge >= 0.3 is 5.97 Å². The van der Waals surface area contributed by atoms with Crippen LogP contribution in [-0.4, -0.2) is 38.6 Å². The van der Waals surface area contributed by atoms with Gasteiger partial charge in [0.25, 0.3) is 0 Å². The van der Waals surface area contributed by atoms with Gasteiger partial charge in [-0.1, -0.05) is 12.1 Å². The zero-order chi connectivity index (χ0) is 13.9. The highest BCUT2D eigenvalue weighted by Crippen LogP contribution is 2.19. The number of likely N-dealkylation sites (tertiary alicyclic amines) is 1. The van der Waals surface area contributed by atoms with Crippen LogP contribution in [-0.2, 0) is 17.9 Å². The number of nitrogens with zero attached hydrogens (tertiary/aromatic N) is 3. The Morgan fingerprint density at radius 2 is 2.00 bits per heavy atom. The third-order valence-corrected chi connectivity index (χ3v) is 3.85. The van der Waals surface area contributed by atoms with Gasteiger partial charge in [-0.2, -0.15) is 0 Å². The molecule has 0 amide bonds. The molecule has 0 radical (unpaired) electrons. The molecule has 1 saturated heterocycles. The molecule has 5 nitrogen and oxygen atoms in total. The normalized spacial score (nSPS) is 16.0. The third kappa shape index (κ3) is 2.67. The molecule has 0 spiro atoms. The number of aromatic nitrogens is 2. The summed E-state index contributed by atoms with van der Waals surface area (Å²) in [6.45, 7) is 3.53. The van der Waals surface area contributed by atoms with Crippen LogP contribution in [0.2, 0.25) is 0 Å².